The van der Waals surface area contributed by atoms with Crippen LogP contribution in [0.5, 0.6) is 0 Å². The van der Waals surface area contributed by atoms with Crippen LogP contribution in [-0.2, 0) is 0 Å². The maximum atomic E-state index is 14.2. The van der Waals surface area contributed by atoms with E-state index in [-0.39, 0.29) is 5.82 Å². The van der Waals surface area contributed by atoms with Crippen molar-refractivity contribution in [2.75, 3.05) is 37.6 Å². The summed E-state index contributed by atoms with van der Waals surface area (Å²) in [4.78, 5) is 9.42. The van der Waals surface area contributed by atoms with E-state index in [1.54, 1.807) is 6.07 Å². The number of rotatable bonds is 3. The van der Waals surface area contributed by atoms with Crippen LogP contribution >= 0.6 is 0 Å². The van der Waals surface area contributed by atoms with E-state index >= 15 is 0 Å². The normalized spacial score (nSPS) is 16.3. The van der Waals surface area contributed by atoms with Crippen LogP contribution in [0, 0.1) is 5.82 Å². The lowest BCUT2D eigenvalue weighted by Crippen LogP contribution is -2.46. The molecule has 0 bridgehead atoms. The molecule has 1 aromatic carbocycles. The summed E-state index contributed by atoms with van der Waals surface area (Å²) in [5.41, 5.74) is 2.19. The largest absolute Gasteiger partial charge is 0.352 e. The van der Waals surface area contributed by atoms with Crippen molar-refractivity contribution >= 4 is 22.4 Å². The van der Waals surface area contributed by atoms with Crippen molar-refractivity contribution < 1.29 is 4.39 Å². The summed E-state index contributed by atoms with van der Waals surface area (Å²) in [6, 6.07) is 9.02. The summed E-state index contributed by atoms with van der Waals surface area (Å²) in [6.45, 7) is 8.54. The third-order valence-corrected chi connectivity index (χ3v) is 4.47. The van der Waals surface area contributed by atoms with Crippen LogP contribution in [-0.4, -0.2) is 47.0 Å². The van der Waals surface area contributed by atoms with E-state index in [9.17, 15) is 4.39 Å². The summed E-state index contributed by atoms with van der Waals surface area (Å²) in [7, 11) is 0. The molecule has 0 spiro atoms. The highest BCUT2D eigenvalue weighted by molar-refractivity contribution is 5.85. The van der Waals surface area contributed by atoms with Gasteiger partial charge in [0.05, 0.1) is 11.0 Å². The number of para-hydroxylation sites is 1. The maximum Gasteiger partial charge on any atom is 0.153 e. The summed E-state index contributed by atoms with van der Waals surface area (Å²) in [6.07, 6.45) is 3.85. The molecule has 0 atom stereocenters. The Hall–Kier alpha value is -2.40. The van der Waals surface area contributed by atoms with Gasteiger partial charge in [-0.3, -0.25) is 4.90 Å². The summed E-state index contributed by atoms with van der Waals surface area (Å²) in [5.74, 6) is 0.699. The number of hydrogen-bond acceptors (Lipinski definition) is 3. The number of hydrogen-bond donors (Lipinski definition) is 0. The molecule has 4 nitrogen and oxygen atoms in total. The van der Waals surface area contributed by atoms with Crippen molar-refractivity contribution in [3.05, 3.63) is 55.0 Å². The first-order valence-corrected chi connectivity index (χ1v) is 7.91. The second-order valence-corrected chi connectivity index (χ2v) is 5.88. The van der Waals surface area contributed by atoms with Crippen LogP contribution in [0.4, 0.5) is 10.2 Å². The molecule has 0 aliphatic carbocycles. The summed E-state index contributed by atoms with van der Waals surface area (Å²) < 4.78 is 16.1. The van der Waals surface area contributed by atoms with Gasteiger partial charge in [0.2, 0.25) is 0 Å². The van der Waals surface area contributed by atoms with Crippen LogP contribution in [0.15, 0.2) is 49.2 Å². The standard InChI is InChI=1S/C18H19FN4/c1-2-8-21-10-12-22(13-11-21)18-16-7-4-9-23(16)17-14(19)5-3-6-15(17)20-18/h2-7,9H,1,8,10-13H2. The first-order valence-electron chi connectivity index (χ1n) is 7.91. The van der Waals surface area contributed by atoms with E-state index < -0.39 is 0 Å². The van der Waals surface area contributed by atoms with E-state index in [1.165, 1.54) is 6.07 Å². The molecular formula is C18H19FN4. The highest BCUT2D eigenvalue weighted by atomic mass is 19.1. The fraction of sp³-hybridized carbons (Fsp3) is 0.278. The van der Waals surface area contributed by atoms with Crippen LogP contribution < -0.4 is 4.90 Å². The number of anilines is 1. The lowest BCUT2D eigenvalue weighted by Gasteiger charge is -2.35. The number of halogens is 1. The van der Waals surface area contributed by atoms with Gasteiger partial charge in [-0.25, -0.2) is 9.37 Å². The zero-order chi connectivity index (χ0) is 15.8. The Morgan fingerprint density at radius 3 is 2.74 bits per heavy atom. The highest BCUT2D eigenvalue weighted by Crippen LogP contribution is 2.27. The van der Waals surface area contributed by atoms with Crippen molar-refractivity contribution in [3.8, 4) is 0 Å². The van der Waals surface area contributed by atoms with E-state index in [2.05, 4.69) is 16.4 Å². The average molecular weight is 310 g/mol. The van der Waals surface area contributed by atoms with Crippen molar-refractivity contribution in [2.45, 2.75) is 0 Å². The van der Waals surface area contributed by atoms with Gasteiger partial charge < -0.3 is 9.30 Å². The summed E-state index contributed by atoms with van der Waals surface area (Å²) in [5, 5.41) is 0. The fourth-order valence-electron chi connectivity index (χ4n) is 3.32. The molecule has 1 aliphatic rings. The van der Waals surface area contributed by atoms with Gasteiger partial charge in [0, 0.05) is 38.9 Å². The minimum atomic E-state index is -0.237. The minimum absolute atomic E-state index is 0.237. The van der Waals surface area contributed by atoms with Crippen LogP contribution in [0.1, 0.15) is 0 Å². The van der Waals surface area contributed by atoms with Crippen molar-refractivity contribution in [1.82, 2.24) is 14.3 Å². The Labute approximate surface area is 134 Å². The molecule has 1 saturated heterocycles. The number of aromatic nitrogens is 2. The zero-order valence-electron chi connectivity index (χ0n) is 13.0. The van der Waals surface area contributed by atoms with Crippen molar-refractivity contribution in [3.63, 3.8) is 0 Å². The number of fused-ring (bicyclic) bond motifs is 3. The SMILES string of the molecule is C=CCN1CCN(c2nc3cccc(F)c3n3cccc23)CC1. The van der Waals surface area contributed by atoms with Gasteiger partial charge in [-0.15, -0.1) is 6.58 Å². The number of benzene rings is 1. The van der Waals surface area contributed by atoms with Crippen LogP contribution in [0.3, 0.4) is 0 Å². The van der Waals surface area contributed by atoms with E-state index in [0.717, 1.165) is 44.1 Å². The molecule has 3 aromatic rings. The fourth-order valence-corrected chi connectivity index (χ4v) is 3.32. The third kappa shape index (κ3) is 2.37. The number of nitrogens with zero attached hydrogens (tertiary/aromatic N) is 4. The second-order valence-electron chi connectivity index (χ2n) is 5.88. The Morgan fingerprint density at radius 1 is 1.13 bits per heavy atom. The minimum Gasteiger partial charge on any atom is -0.352 e. The topological polar surface area (TPSA) is 23.8 Å². The Bertz CT molecular complexity index is 862. The molecule has 2 aromatic heterocycles. The van der Waals surface area contributed by atoms with Gasteiger partial charge in [-0.05, 0) is 24.3 Å². The van der Waals surface area contributed by atoms with Gasteiger partial charge in [0.25, 0.3) is 0 Å². The maximum absolute atomic E-state index is 14.2. The molecule has 5 heteroatoms. The second kappa shape index (κ2) is 5.66. The molecular weight excluding hydrogens is 291 g/mol. The molecule has 1 fully saturated rings. The average Bonchev–Trinajstić information content (AvgIpc) is 3.05. The van der Waals surface area contributed by atoms with Gasteiger partial charge >= 0.3 is 0 Å². The molecule has 3 heterocycles. The van der Waals surface area contributed by atoms with Crippen molar-refractivity contribution in [2.24, 2.45) is 0 Å². The molecule has 0 saturated carbocycles. The molecule has 0 radical (unpaired) electrons. The molecule has 4 rings (SSSR count). The zero-order valence-corrected chi connectivity index (χ0v) is 13.0. The lowest BCUT2D eigenvalue weighted by molar-refractivity contribution is 0.284. The van der Waals surface area contributed by atoms with Gasteiger partial charge in [0.15, 0.2) is 5.82 Å². The smallest absolute Gasteiger partial charge is 0.153 e. The predicted molar refractivity (Wildman–Crippen MR) is 91.5 cm³/mol. The number of piperazine rings is 1. The molecule has 1 aliphatic heterocycles. The molecule has 118 valence electrons. The van der Waals surface area contributed by atoms with E-state index in [1.807, 2.05) is 34.9 Å². The lowest BCUT2D eigenvalue weighted by atomic mass is 10.2. The van der Waals surface area contributed by atoms with Gasteiger partial charge in [-0.2, -0.15) is 0 Å². The molecule has 23 heavy (non-hydrogen) atoms. The summed E-state index contributed by atoms with van der Waals surface area (Å²) >= 11 is 0. The van der Waals surface area contributed by atoms with Crippen LogP contribution in [0.25, 0.3) is 16.6 Å². The van der Waals surface area contributed by atoms with Gasteiger partial charge in [-0.1, -0.05) is 12.1 Å². The monoisotopic (exact) mass is 310 g/mol. The van der Waals surface area contributed by atoms with E-state index in [4.69, 9.17) is 4.98 Å². The first-order chi connectivity index (χ1) is 11.3. The Balaban J connectivity index is 1.78. The molecule has 0 amide bonds. The third-order valence-electron chi connectivity index (χ3n) is 4.47. The first kappa shape index (κ1) is 14.2. The highest BCUT2D eigenvalue weighted by Gasteiger charge is 2.20. The predicted octanol–water partition coefficient (Wildman–Crippen LogP) is 2.93. The molecule has 0 unspecified atom stereocenters. The Morgan fingerprint density at radius 2 is 1.96 bits per heavy atom. The quantitative estimate of drug-likeness (QED) is 0.695. The van der Waals surface area contributed by atoms with Crippen molar-refractivity contribution in [1.29, 1.82) is 0 Å². The Kier molecular flexibility index (Phi) is 3.50. The molecule has 0 N–H and O–H groups in total. The van der Waals surface area contributed by atoms with Gasteiger partial charge in [0.1, 0.15) is 11.3 Å². The van der Waals surface area contributed by atoms with E-state index in [0.29, 0.717) is 11.0 Å². The van der Waals surface area contributed by atoms with Crippen LogP contribution in [0.2, 0.25) is 0 Å².